The summed E-state index contributed by atoms with van der Waals surface area (Å²) in [7, 11) is -1.42. The van der Waals surface area contributed by atoms with Gasteiger partial charge in [-0.3, -0.25) is 0 Å². The minimum atomic E-state index is -3.07. The molecule has 0 aromatic rings. The van der Waals surface area contributed by atoms with Crippen LogP contribution in [0, 0.1) is 5.92 Å². The molecule has 0 heterocycles. The number of hydrogen-bond acceptors (Lipinski definition) is 3. The van der Waals surface area contributed by atoms with E-state index in [4.69, 9.17) is 0 Å². The van der Waals surface area contributed by atoms with E-state index in [9.17, 15) is 8.42 Å². The van der Waals surface area contributed by atoms with Gasteiger partial charge in [0.15, 0.2) is 0 Å². The Bertz CT molecular complexity index is 286. The summed E-state index contributed by atoms with van der Waals surface area (Å²) in [4.78, 5) is 0. The molecular weight excluding hydrogens is 224 g/mol. The van der Waals surface area contributed by atoms with Crippen molar-refractivity contribution in [3.05, 3.63) is 0 Å². The maximum absolute atomic E-state index is 11.6. The van der Waals surface area contributed by atoms with Gasteiger partial charge in [-0.05, 0) is 12.8 Å². The lowest BCUT2D eigenvalue weighted by Crippen LogP contribution is -2.47. The van der Waals surface area contributed by atoms with Crippen LogP contribution in [0.4, 0.5) is 0 Å². The molecule has 98 valence electrons. The fraction of sp³-hybridized carbons (Fsp3) is 1.00. The number of sulfonamides is 1. The molecule has 4 nitrogen and oxygen atoms in total. The molecule has 1 N–H and O–H groups in total. The molecule has 0 bridgehead atoms. The first-order chi connectivity index (χ1) is 7.20. The molecule has 0 saturated heterocycles. The molecule has 0 amide bonds. The molecule has 0 aromatic heterocycles. The van der Waals surface area contributed by atoms with Gasteiger partial charge in [-0.1, -0.05) is 27.7 Å². The maximum Gasteiger partial charge on any atom is 0.213 e. The van der Waals surface area contributed by atoms with Crippen LogP contribution in [-0.4, -0.2) is 44.2 Å². The zero-order valence-corrected chi connectivity index (χ0v) is 12.1. The van der Waals surface area contributed by atoms with Crippen LogP contribution in [0.15, 0.2) is 0 Å². The summed E-state index contributed by atoms with van der Waals surface area (Å²) in [6.07, 6.45) is 0. The highest BCUT2D eigenvalue weighted by molar-refractivity contribution is 7.89. The van der Waals surface area contributed by atoms with E-state index >= 15 is 0 Å². The Morgan fingerprint density at radius 1 is 1.19 bits per heavy atom. The van der Waals surface area contributed by atoms with Crippen LogP contribution in [0.25, 0.3) is 0 Å². The molecule has 16 heavy (non-hydrogen) atoms. The molecule has 0 fully saturated rings. The third kappa shape index (κ3) is 5.27. The minimum Gasteiger partial charge on any atom is -0.310 e. The fourth-order valence-electron chi connectivity index (χ4n) is 1.50. The third-order valence-corrected chi connectivity index (χ3v) is 4.47. The predicted molar refractivity (Wildman–Crippen MR) is 69.0 cm³/mol. The molecule has 0 aliphatic carbocycles. The Morgan fingerprint density at radius 2 is 1.69 bits per heavy atom. The third-order valence-electron chi connectivity index (χ3n) is 2.65. The highest BCUT2D eigenvalue weighted by Crippen LogP contribution is 2.07. The summed E-state index contributed by atoms with van der Waals surface area (Å²) in [5.41, 5.74) is 0. The second-order valence-electron chi connectivity index (χ2n) is 4.85. The van der Waals surface area contributed by atoms with Crippen molar-refractivity contribution in [2.45, 2.75) is 46.7 Å². The molecule has 1 atom stereocenters. The summed E-state index contributed by atoms with van der Waals surface area (Å²) in [6.45, 7) is 10.6. The van der Waals surface area contributed by atoms with Crippen molar-refractivity contribution in [1.29, 1.82) is 0 Å². The Balaban J connectivity index is 4.52. The predicted octanol–water partition coefficient (Wildman–Crippen LogP) is 1.29. The number of nitrogens with one attached hydrogen (secondary N) is 1. The summed E-state index contributed by atoms with van der Waals surface area (Å²) in [6, 6.07) is 0.566. The first-order valence-corrected chi connectivity index (χ1v) is 7.51. The van der Waals surface area contributed by atoms with Crippen molar-refractivity contribution in [3.63, 3.8) is 0 Å². The van der Waals surface area contributed by atoms with Gasteiger partial charge in [-0.25, -0.2) is 12.7 Å². The molecule has 0 radical (unpaired) electrons. The van der Waals surface area contributed by atoms with Crippen LogP contribution >= 0.6 is 0 Å². The van der Waals surface area contributed by atoms with E-state index < -0.39 is 10.0 Å². The van der Waals surface area contributed by atoms with Crippen molar-refractivity contribution in [3.8, 4) is 0 Å². The minimum absolute atomic E-state index is 0.163. The van der Waals surface area contributed by atoms with Crippen molar-refractivity contribution < 1.29 is 8.42 Å². The summed E-state index contributed by atoms with van der Waals surface area (Å²) in [5, 5.41) is 3.40. The molecule has 5 heteroatoms. The average molecular weight is 250 g/mol. The SMILES string of the molecule is CCS(=O)(=O)N(C)C[C@@H](NC(C)C)C(C)C. The summed E-state index contributed by atoms with van der Waals surface area (Å²) >= 11 is 0. The normalized spacial score (nSPS) is 15.1. The van der Waals surface area contributed by atoms with Gasteiger partial charge in [-0.15, -0.1) is 0 Å². The Labute approximate surface area is 100 Å². The van der Waals surface area contributed by atoms with E-state index in [0.717, 1.165) is 0 Å². The molecule has 0 saturated carbocycles. The molecule has 0 rings (SSSR count). The molecule has 0 aliphatic heterocycles. The summed E-state index contributed by atoms with van der Waals surface area (Å²) in [5.74, 6) is 0.576. The zero-order valence-electron chi connectivity index (χ0n) is 11.3. The number of hydrogen-bond donors (Lipinski definition) is 1. The smallest absolute Gasteiger partial charge is 0.213 e. The van der Waals surface area contributed by atoms with Crippen molar-refractivity contribution in [2.24, 2.45) is 5.92 Å². The second-order valence-corrected chi connectivity index (χ2v) is 7.22. The van der Waals surface area contributed by atoms with Crippen LogP contribution in [0.1, 0.15) is 34.6 Å². The highest BCUT2D eigenvalue weighted by Gasteiger charge is 2.22. The summed E-state index contributed by atoms with van der Waals surface area (Å²) < 4.78 is 24.7. The van der Waals surface area contributed by atoms with E-state index in [1.807, 2.05) is 0 Å². The Morgan fingerprint density at radius 3 is 2.00 bits per heavy atom. The topological polar surface area (TPSA) is 49.4 Å². The molecule has 0 aliphatic rings. The fourth-order valence-corrected chi connectivity index (χ4v) is 2.32. The maximum atomic E-state index is 11.6. The van der Waals surface area contributed by atoms with Crippen molar-refractivity contribution >= 4 is 10.0 Å². The van der Waals surface area contributed by atoms with Gasteiger partial charge in [0.1, 0.15) is 0 Å². The van der Waals surface area contributed by atoms with Crippen LogP contribution in [0.5, 0.6) is 0 Å². The van der Waals surface area contributed by atoms with Gasteiger partial charge in [0.2, 0.25) is 10.0 Å². The second kappa shape index (κ2) is 6.57. The van der Waals surface area contributed by atoms with Gasteiger partial charge in [0, 0.05) is 25.7 Å². The molecule has 0 aromatic carbocycles. The van der Waals surface area contributed by atoms with Gasteiger partial charge < -0.3 is 5.32 Å². The lowest BCUT2D eigenvalue weighted by Gasteiger charge is -2.28. The van der Waals surface area contributed by atoms with Crippen LogP contribution in [0.2, 0.25) is 0 Å². The van der Waals surface area contributed by atoms with Crippen LogP contribution < -0.4 is 5.32 Å². The first kappa shape index (κ1) is 15.9. The Hall–Kier alpha value is -0.130. The number of likely N-dealkylation sites (N-methyl/N-ethyl adjacent to an activating group) is 1. The lowest BCUT2D eigenvalue weighted by molar-refractivity contribution is 0.312. The molecule has 0 unspecified atom stereocenters. The van der Waals surface area contributed by atoms with E-state index in [2.05, 4.69) is 33.0 Å². The standard InChI is InChI=1S/C11H26N2O2S/c1-7-16(14,15)13(6)8-11(9(2)3)12-10(4)5/h9-12H,7-8H2,1-6H3/t11-/m1/s1. The van der Waals surface area contributed by atoms with Crippen LogP contribution in [0.3, 0.4) is 0 Å². The molecular formula is C11H26N2O2S. The Kier molecular flexibility index (Phi) is 6.51. The van der Waals surface area contributed by atoms with Gasteiger partial charge in [0.25, 0.3) is 0 Å². The highest BCUT2D eigenvalue weighted by atomic mass is 32.2. The number of rotatable bonds is 7. The lowest BCUT2D eigenvalue weighted by atomic mass is 10.0. The number of nitrogens with zero attached hydrogens (tertiary/aromatic N) is 1. The quantitative estimate of drug-likeness (QED) is 0.741. The monoisotopic (exact) mass is 250 g/mol. The van der Waals surface area contributed by atoms with E-state index in [1.54, 1.807) is 14.0 Å². The van der Waals surface area contributed by atoms with E-state index in [0.29, 0.717) is 18.5 Å². The average Bonchev–Trinajstić information content (AvgIpc) is 2.15. The van der Waals surface area contributed by atoms with Gasteiger partial charge in [-0.2, -0.15) is 0 Å². The van der Waals surface area contributed by atoms with Crippen LogP contribution in [-0.2, 0) is 10.0 Å². The largest absolute Gasteiger partial charge is 0.310 e. The van der Waals surface area contributed by atoms with Gasteiger partial charge in [0.05, 0.1) is 5.75 Å². The van der Waals surface area contributed by atoms with E-state index in [-0.39, 0.29) is 11.8 Å². The van der Waals surface area contributed by atoms with Crippen molar-refractivity contribution in [1.82, 2.24) is 9.62 Å². The molecule has 0 spiro atoms. The van der Waals surface area contributed by atoms with Crippen molar-refractivity contribution in [2.75, 3.05) is 19.3 Å². The first-order valence-electron chi connectivity index (χ1n) is 5.90. The zero-order chi connectivity index (χ0) is 12.9. The van der Waals surface area contributed by atoms with Gasteiger partial charge >= 0.3 is 0 Å². The van der Waals surface area contributed by atoms with E-state index in [1.165, 1.54) is 4.31 Å².